The van der Waals surface area contributed by atoms with Crippen LogP contribution < -0.4 is 10.1 Å². The third-order valence-electron chi connectivity index (χ3n) is 5.10. The standard InChI is InChI=1S/C17H31N3O/c1-5-6-7-13-8-10-14(11-9-13)16(18-2)17-15(21-4)12-19-20(17)3/h12-14,16,18H,5-11H2,1-4H3. The summed E-state index contributed by atoms with van der Waals surface area (Å²) in [5.74, 6) is 2.55. The summed E-state index contributed by atoms with van der Waals surface area (Å²) in [6.45, 7) is 2.29. The van der Waals surface area contributed by atoms with Gasteiger partial charge in [0.05, 0.1) is 25.0 Å². The van der Waals surface area contributed by atoms with Crippen molar-refractivity contribution in [1.82, 2.24) is 15.1 Å². The molecule has 4 heteroatoms. The largest absolute Gasteiger partial charge is 0.493 e. The van der Waals surface area contributed by atoms with Crippen LogP contribution in [0.4, 0.5) is 0 Å². The monoisotopic (exact) mass is 293 g/mol. The van der Waals surface area contributed by atoms with E-state index in [-0.39, 0.29) is 0 Å². The minimum Gasteiger partial charge on any atom is -0.493 e. The first kappa shape index (κ1) is 16.3. The number of hydrogen-bond donors (Lipinski definition) is 1. The molecule has 0 radical (unpaired) electrons. The molecule has 0 spiro atoms. The summed E-state index contributed by atoms with van der Waals surface area (Å²) in [6, 6.07) is 0.347. The van der Waals surface area contributed by atoms with Crippen LogP contribution in [0.15, 0.2) is 6.20 Å². The molecule has 120 valence electrons. The Morgan fingerprint density at radius 3 is 2.67 bits per heavy atom. The molecule has 1 saturated carbocycles. The van der Waals surface area contributed by atoms with Crippen molar-refractivity contribution in [3.05, 3.63) is 11.9 Å². The summed E-state index contributed by atoms with van der Waals surface area (Å²) >= 11 is 0. The van der Waals surface area contributed by atoms with Gasteiger partial charge in [-0.15, -0.1) is 0 Å². The molecule has 1 unspecified atom stereocenters. The molecule has 1 aromatic rings. The lowest BCUT2D eigenvalue weighted by atomic mass is 9.76. The van der Waals surface area contributed by atoms with Crippen LogP contribution in [0.5, 0.6) is 5.75 Å². The van der Waals surface area contributed by atoms with Crippen molar-refractivity contribution in [1.29, 1.82) is 0 Å². The van der Waals surface area contributed by atoms with E-state index in [4.69, 9.17) is 4.74 Å². The van der Waals surface area contributed by atoms with Gasteiger partial charge >= 0.3 is 0 Å². The maximum absolute atomic E-state index is 5.49. The number of methoxy groups -OCH3 is 1. The summed E-state index contributed by atoms with van der Waals surface area (Å²) in [5, 5.41) is 7.87. The van der Waals surface area contributed by atoms with E-state index in [9.17, 15) is 0 Å². The van der Waals surface area contributed by atoms with Gasteiger partial charge in [0.25, 0.3) is 0 Å². The van der Waals surface area contributed by atoms with Gasteiger partial charge in [0.15, 0.2) is 5.75 Å². The molecule has 1 aliphatic carbocycles. The molecule has 21 heavy (non-hydrogen) atoms. The third kappa shape index (κ3) is 3.79. The van der Waals surface area contributed by atoms with Crippen molar-refractivity contribution >= 4 is 0 Å². The Bertz CT molecular complexity index is 422. The maximum atomic E-state index is 5.49. The Labute approximate surface area is 129 Å². The number of unbranched alkanes of at least 4 members (excludes halogenated alkanes) is 1. The fraction of sp³-hybridized carbons (Fsp3) is 0.824. The van der Waals surface area contributed by atoms with Crippen molar-refractivity contribution in [3.8, 4) is 5.75 Å². The zero-order valence-corrected chi connectivity index (χ0v) is 14.1. The van der Waals surface area contributed by atoms with Crippen molar-refractivity contribution in [3.63, 3.8) is 0 Å². The number of ether oxygens (including phenoxy) is 1. The van der Waals surface area contributed by atoms with Gasteiger partial charge in [-0.1, -0.05) is 39.0 Å². The second-order valence-corrected chi connectivity index (χ2v) is 6.41. The second kappa shape index (κ2) is 7.83. The Hall–Kier alpha value is -1.03. The highest BCUT2D eigenvalue weighted by Gasteiger charge is 2.31. The van der Waals surface area contributed by atoms with Crippen LogP contribution in [0.3, 0.4) is 0 Å². The molecule has 1 aliphatic rings. The Kier molecular flexibility index (Phi) is 6.09. The fourth-order valence-corrected chi connectivity index (χ4v) is 3.84. The molecule has 4 nitrogen and oxygen atoms in total. The molecule has 0 bridgehead atoms. The lowest BCUT2D eigenvalue weighted by molar-refractivity contribution is 0.211. The SMILES string of the molecule is CCCCC1CCC(C(NC)c2c(OC)cnn2C)CC1. The second-order valence-electron chi connectivity index (χ2n) is 6.41. The maximum Gasteiger partial charge on any atom is 0.161 e. The zero-order chi connectivity index (χ0) is 15.2. The van der Waals surface area contributed by atoms with E-state index in [2.05, 4.69) is 24.4 Å². The van der Waals surface area contributed by atoms with Crippen molar-refractivity contribution in [2.75, 3.05) is 14.2 Å². The molecule has 0 saturated heterocycles. The Morgan fingerprint density at radius 2 is 2.10 bits per heavy atom. The zero-order valence-electron chi connectivity index (χ0n) is 14.1. The number of nitrogens with one attached hydrogen (secondary N) is 1. The first-order valence-corrected chi connectivity index (χ1v) is 8.44. The molecule has 0 amide bonds. The van der Waals surface area contributed by atoms with E-state index in [1.165, 1.54) is 50.6 Å². The molecule has 2 rings (SSSR count). The predicted octanol–water partition coefficient (Wildman–Crippen LogP) is 3.69. The normalized spacial score (nSPS) is 24.0. The number of aryl methyl sites for hydroxylation is 1. The smallest absolute Gasteiger partial charge is 0.161 e. The first-order valence-electron chi connectivity index (χ1n) is 8.44. The first-order chi connectivity index (χ1) is 10.2. The summed E-state index contributed by atoms with van der Waals surface area (Å²) in [4.78, 5) is 0. The van der Waals surface area contributed by atoms with Crippen molar-refractivity contribution < 1.29 is 4.74 Å². The van der Waals surface area contributed by atoms with Crippen LogP contribution >= 0.6 is 0 Å². The number of rotatable bonds is 7. The van der Waals surface area contributed by atoms with Gasteiger partial charge in [-0.2, -0.15) is 5.10 Å². The minimum absolute atomic E-state index is 0.347. The Balaban J connectivity index is 2.01. The lowest BCUT2D eigenvalue weighted by Gasteiger charge is -2.34. The molecule has 1 heterocycles. The van der Waals surface area contributed by atoms with Crippen LogP contribution in [0.25, 0.3) is 0 Å². The molecule has 1 fully saturated rings. The number of nitrogens with zero attached hydrogens (tertiary/aromatic N) is 2. The topological polar surface area (TPSA) is 39.1 Å². The molecular formula is C17H31N3O. The van der Waals surface area contributed by atoms with Gasteiger partial charge in [0.2, 0.25) is 0 Å². The van der Waals surface area contributed by atoms with E-state index in [0.717, 1.165) is 11.7 Å². The van der Waals surface area contributed by atoms with E-state index in [0.29, 0.717) is 12.0 Å². The molecule has 1 N–H and O–H groups in total. The summed E-state index contributed by atoms with van der Waals surface area (Å²) < 4.78 is 7.45. The predicted molar refractivity (Wildman–Crippen MR) is 86.5 cm³/mol. The van der Waals surface area contributed by atoms with Gasteiger partial charge in [0.1, 0.15) is 0 Å². The van der Waals surface area contributed by atoms with Gasteiger partial charge in [0, 0.05) is 7.05 Å². The minimum atomic E-state index is 0.347. The van der Waals surface area contributed by atoms with Crippen molar-refractivity contribution in [2.24, 2.45) is 18.9 Å². The van der Waals surface area contributed by atoms with E-state index >= 15 is 0 Å². The molecule has 0 aromatic carbocycles. The number of hydrogen-bond acceptors (Lipinski definition) is 3. The quantitative estimate of drug-likeness (QED) is 0.833. The summed E-state index contributed by atoms with van der Waals surface area (Å²) in [5.41, 5.74) is 1.19. The van der Waals surface area contributed by atoms with Gasteiger partial charge in [-0.25, -0.2) is 0 Å². The van der Waals surface area contributed by atoms with Gasteiger partial charge < -0.3 is 10.1 Å². The summed E-state index contributed by atoms with van der Waals surface area (Å²) in [7, 11) is 5.80. The van der Waals surface area contributed by atoms with Crippen LogP contribution in [0.1, 0.15) is 63.6 Å². The van der Waals surface area contributed by atoms with Crippen LogP contribution in [-0.4, -0.2) is 23.9 Å². The van der Waals surface area contributed by atoms with Gasteiger partial charge in [-0.3, -0.25) is 4.68 Å². The summed E-state index contributed by atoms with van der Waals surface area (Å²) in [6.07, 6.45) is 11.3. The van der Waals surface area contributed by atoms with Crippen molar-refractivity contribution in [2.45, 2.75) is 57.9 Å². The molecular weight excluding hydrogens is 262 g/mol. The third-order valence-corrected chi connectivity index (χ3v) is 5.10. The molecule has 1 aromatic heterocycles. The highest BCUT2D eigenvalue weighted by molar-refractivity contribution is 5.28. The Morgan fingerprint density at radius 1 is 1.38 bits per heavy atom. The lowest BCUT2D eigenvalue weighted by Crippen LogP contribution is -2.30. The number of aromatic nitrogens is 2. The average Bonchev–Trinajstić information content (AvgIpc) is 2.88. The van der Waals surface area contributed by atoms with Crippen LogP contribution in [-0.2, 0) is 7.05 Å². The molecule has 0 aliphatic heterocycles. The van der Waals surface area contributed by atoms with E-state index < -0.39 is 0 Å². The highest BCUT2D eigenvalue weighted by atomic mass is 16.5. The molecule has 1 atom stereocenters. The van der Waals surface area contributed by atoms with Crippen LogP contribution in [0.2, 0.25) is 0 Å². The van der Waals surface area contributed by atoms with Gasteiger partial charge in [-0.05, 0) is 31.7 Å². The average molecular weight is 293 g/mol. The van der Waals surface area contributed by atoms with E-state index in [1.807, 2.05) is 17.9 Å². The van der Waals surface area contributed by atoms with Crippen LogP contribution in [0, 0.1) is 11.8 Å². The highest BCUT2D eigenvalue weighted by Crippen LogP contribution is 2.40. The fourth-order valence-electron chi connectivity index (χ4n) is 3.84. The van der Waals surface area contributed by atoms with E-state index in [1.54, 1.807) is 7.11 Å².